The van der Waals surface area contributed by atoms with Crippen molar-refractivity contribution < 1.29 is 42.1 Å². The van der Waals surface area contributed by atoms with E-state index in [-0.39, 0.29) is 26.1 Å². The Kier molecular flexibility index (Phi) is 57.3. The summed E-state index contributed by atoms with van der Waals surface area (Å²) in [5.41, 5.74) is 0. The fraction of sp³-hybridized carbons (Fsp3) is 0.686. The van der Waals surface area contributed by atoms with Gasteiger partial charge in [-0.25, -0.2) is 0 Å². The average Bonchev–Trinajstić information content (AvgIpc) is 3.42. The predicted octanol–water partition coefficient (Wildman–Crippen LogP) is 20.1. The molecule has 0 heterocycles. The molecule has 0 aromatic heterocycles. The molecule has 9 nitrogen and oxygen atoms in total. The van der Waals surface area contributed by atoms with Crippen LogP contribution in [0.3, 0.4) is 0 Å². The van der Waals surface area contributed by atoms with Gasteiger partial charge in [-0.1, -0.05) is 257 Å². The molecule has 0 aliphatic rings. The molecule has 0 N–H and O–H groups in total. The number of phosphoric ester groups is 1. The lowest BCUT2D eigenvalue weighted by Crippen LogP contribution is -2.37. The first-order chi connectivity index (χ1) is 39.0. The third-order valence-electron chi connectivity index (χ3n) is 13.5. The van der Waals surface area contributed by atoms with Gasteiger partial charge in [-0.2, -0.15) is 0 Å². The van der Waals surface area contributed by atoms with Gasteiger partial charge in [-0.3, -0.25) is 14.2 Å². The summed E-state index contributed by atoms with van der Waals surface area (Å²) in [5.74, 6) is -0.849. The number of hydrogen-bond acceptors (Lipinski definition) is 8. The van der Waals surface area contributed by atoms with E-state index in [1.165, 1.54) is 103 Å². The second kappa shape index (κ2) is 60.0. The number of rotatable bonds is 58. The van der Waals surface area contributed by atoms with Gasteiger partial charge in [-0.15, -0.1) is 0 Å². The molecule has 0 aromatic rings. The number of carbonyl (C=O) groups is 2. The zero-order valence-electron chi connectivity index (χ0n) is 52.0. The zero-order chi connectivity index (χ0) is 58.4. The summed E-state index contributed by atoms with van der Waals surface area (Å²) in [6, 6.07) is 0. The van der Waals surface area contributed by atoms with Crippen molar-refractivity contribution in [1.82, 2.24) is 0 Å². The third kappa shape index (κ3) is 63.6. The van der Waals surface area contributed by atoms with Crippen molar-refractivity contribution in [2.45, 2.75) is 264 Å². The number of nitrogens with zero attached hydrogens (tertiary/aromatic N) is 1. The smallest absolute Gasteiger partial charge is 0.306 e. The molecule has 0 aromatic carbocycles. The van der Waals surface area contributed by atoms with Crippen LogP contribution in [-0.2, 0) is 32.7 Å². The van der Waals surface area contributed by atoms with Crippen LogP contribution in [-0.4, -0.2) is 70.0 Å². The van der Waals surface area contributed by atoms with Gasteiger partial charge in [0.05, 0.1) is 27.7 Å². The number of esters is 2. The SMILES string of the molecule is CC/C=C\C/C=C\C/C=C\C/C=C\C/C=C\C/C=C\C/C=C\CCCCCCCCCCCCCCCCCC(=O)OC(COC(=O)CCCCCCCC/C=C\C/C=C\C/C=C\CCCCC)COP(=O)([O-])OCC[N+](C)(C)C. The summed E-state index contributed by atoms with van der Waals surface area (Å²) in [6.45, 7) is 4.08. The summed E-state index contributed by atoms with van der Waals surface area (Å²) in [4.78, 5) is 37.9. The largest absolute Gasteiger partial charge is 0.756 e. The molecule has 2 unspecified atom stereocenters. The van der Waals surface area contributed by atoms with E-state index in [2.05, 4.69) is 135 Å². The van der Waals surface area contributed by atoms with Gasteiger partial charge < -0.3 is 27.9 Å². The number of hydrogen-bond donors (Lipinski definition) is 0. The Balaban J connectivity index is 4.08. The van der Waals surface area contributed by atoms with Crippen LogP contribution in [0.1, 0.15) is 258 Å². The van der Waals surface area contributed by atoms with Crippen LogP contribution in [0.25, 0.3) is 0 Å². The highest BCUT2D eigenvalue weighted by molar-refractivity contribution is 7.45. The number of unbranched alkanes of at least 4 members (excludes halogenated alkanes) is 24. The number of carbonyl (C=O) groups excluding carboxylic acids is 2. The molecule has 0 aliphatic heterocycles. The Bertz CT molecular complexity index is 1760. The maximum absolute atomic E-state index is 12.8. The predicted molar refractivity (Wildman–Crippen MR) is 341 cm³/mol. The molecule has 0 saturated heterocycles. The van der Waals surface area contributed by atoms with Crippen LogP contribution in [0.15, 0.2) is 122 Å². The van der Waals surface area contributed by atoms with Crippen LogP contribution in [0.4, 0.5) is 0 Å². The fourth-order valence-electron chi connectivity index (χ4n) is 8.53. The van der Waals surface area contributed by atoms with E-state index >= 15 is 0 Å². The highest BCUT2D eigenvalue weighted by atomic mass is 31.2. The van der Waals surface area contributed by atoms with Gasteiger partial charge in [0.1, 0.15) is 19.8 Å². The minimum Gasteiger partial charge on any atom is -0.756 e. The minimum atomic E-state index is -4.65. The standard InChI is InChI=1S/C70H120NO8P/c1-6-8-10-12-14-16-18-20-22-24-26-27-28-29-30-31-32-33-34-35-36-37-38-39-40-41-42-43-45-47-49-51-53-55-57-59-61-63-70(73)79-68(67-78-80(74,75)77-65-64-71(3,4)5)66-76-69(72)62-60-58-56-54-52-50-48-46-44-25-23-21-19-17-15-13-11-9-7-2/h8,10,14-17,20-23,26-27,29-30,32-33,35-36,44,46,68H,6-7,9,11-13,18-19,24-25,28,31,34,37-43,45,47-67H2,1-5H3/b10-8-,16-14-,17-15-,22-20-,23-21-,27-26-,30-29-,33-32-,36-35-,46-44-. The molecule has 0 bridgehead atoms. The van der Waals surface area contributed by atoms with Gasteiger partial charge in [0, 0.05) is 12.8 Å². The molecule has 0 spiro atoms. The van der Waals surface area contributed by atoms with Gasteiger partial charge in [0.25, 0.3) is 7.82 Å². The Hall–Kier alpha value is -3.59. The van der Waals surface area contributed by atoms with Gasteiger partial charge in [0.15, 0.2) is 6.10 Å². The van der Waals surface area contributed by atoms with E-state index in [9.17, 15) is 19.0 Å². The van der Waals surface area contributed by atoms with E-state index in [1.807, 2.05) is 21.1 Å². The molecule has 0 rings (SSSR count). The van der Waals surface area contributed by atoms with Crippen molar-refractivity contribution in [3.05, 3.63) is 122 Å². The first kappa shape index (κ1) is 76.4. The quantitative estimate of drug-likeness (QED) is 0.0195. The van der Waals surface area contributed by atoms with Crippen LogP contribution < -0.4 is 4.89 Å². The number of likely N-dealkylation sites (N-methyl/N-ethyl adjacent to an activating group) is 1. The normalized spacial score (nSPS) is 14.0. The Morgan fingerprint density at radius 1 is 0.400 bits per heavy atom. The van der Waals surface area contributed by atoms with Gasteiger partial charge in [0.2, 0.25) is 0 Å². The van der Waals surface area contributed by atoms with E-state index in [1.54, 1.807) is 0 Å². The molecule has 80 heavy (non-hydrogen) atoms. The molecule has 458 valence electrons. The van der Waals surface area contributed by atoms with Crippen molar-refractivity contribution in [2.24, 2.45) is 0 Å². The van der Waals surface area contributed by atoms with E-state index in [0.717, 1.165) is 116 Å². The molecule has 0 aliphatic carbocycles. The van der Waals surface area contributed by atoms with Crippen molar-refractivity contribution in [1.29, 1.82) is 0 Å². The lowest BCUT2D eigenvalue weighted by molar-refractivity contribution is -0.870. The summed E-state index contributed by atoms with van der Waals surface area (Å²) in [7, 11) is 1.15. The third-order valence-corrected chi connectivity index (χ3v) is 14.4. The Morgan fingerprint density at radius 3 is 1.06 bits per heavy atom. The number of quaternary nitrogens is 1. The lowest BCUT2D eigenvalue weighted by atomic mass is 10.0. The molecule has 0 radical (unpaired) electrons. The topological polar surface area (TPSA) is 111 Å². The summed E-state index contributed by atoms with van der Waals surface area (Å²) < 4.78 is 34.2. The Labute approximate surface area is 492 Å². The maximum atomic E-state index is 12.8. The van der Waals surface area contributed by atoms with E-state index in [0.29, 0.717) is 23.9 Å². The van der Waals surface area contributed by atoms with Crippen LogP contribution >= 0.6 is 7.82 Å². The molecule has 0 saturated carbocycles. The molecular weight excluding hydrogens is 1010 g/mol. The second-order valence-electron chi connectivity index (χ2n) is 22.4. The zero-order valence-corrected chi connectivity index (χ0v) is 52.9. The van der Waals surface area contributed by atoms with Crippen molar-refractivity contribution in [3.8, 4) is 0 Å². The molecule has 0 amide bonds. The number of ether oxygens (including phenoxy) is 2. The first-order valence-corrected chi connectivity index (χ1v) is 33.7. The number of allylic oxidation sites excluding steroid dienone is 20. The van der Waals surface area contributed by atoms with E-state index in [4.69, 9.17) is 18.5 Å². The molecular formula is C70H120NO8P. The van der Waals surface area contributed by atoms with Crippen LogP contribution in [0.2, 0.25) is 0 Å². The van der Waals surface area contributed by atoms with Crippen LogP contribution in [0.5, 0.6) is 0 Å². The van der Waals surface area contributed by atoms with Crippen molar-refractivity contribution in [3.63, 3.8) is 0 Å². The Morgan fingerprint density at radius 2 is 0.713 bits per heavy atom. The minimum absolute atomic E-state index is 0.0377. The summed E-state index contributed by atoms with van der Waals surface area (Å²) >= 11 is 0. The highest BCUT2D eigenvalue weighted by Crippen LogP contribution is 2.38. The maximum Gasteiger partial charge on any atom is 0.306 e. The monoisotopic (exact) mass is 1130 g/mol. The molecule has 0 fully saturated rings. The summed E-state index contributed by atoms with van der Waals surface area (Å²) in [5, 5.41) is 0. The van der Waals surface area contributed by atoms with Gasteiger partial charge in [-0.05, 0) is 109 Å². The highest BCUT2D eigenvalue weighted by Gasteiger charge is 2.22. The van der Waals surface area contributed by atoms with Gasteiger partial charge >= 0.3 is 11.9 Å². The summed E-state index contributed by atoms with van der Waals surface area (Å²) in [6.07, 6.45) is 85.4. The van der Waals surface area contributed by atoms with Crippen LogP contribution in [0, 0.1) is 0 Å². The number of phosphoric acid groups is 1. The molecule has 2 atom stereocenters. The molecule has 10 heteroatoms. The van der Waals surface area contributed by atoms with Crippen molar-refractivity contribution in [2.75, 3.05) is 47.5 Å². The second-order valence-corrected chi connectivity index (χ2v) is 23.8. The first-order valence-electron chi connectivity index (χ1n) is 32.2. The van der Waals surface area contributed by atoms with E-state index < -0.39 is 32.5 Å². The fourth-order valence-corrected chi connectivity index (χ4v) is 9.25. The van der Waals surface area contributed by atoms with Crippen molar-refractivity contribution >= 4 is 19.8 Å². The average molecular weight is 1130 g/mol. The lowest BCUT2D eigenvalue weighted by Gasteiger charge is -2.28.